The van der Waals surface area contributed by atoms with Gasteiger partial charge in [0.25, 0.3) is 10.1 Å². The third kappa shape index (κ3) is 9.61. The van der Waals surface area contributed by atoms with Crippen LogP contribution in [0, 0.1) is 6.92 Å². The first-order valence-corrected chi connectivity index (χ1v) is 7.58. The van der Waals surface area contributed by atoms with Gasteiger partial charge in [-0.15, -0.1) is 0 Å². The lowest BCUT2D eigenvalue weighted by atomic mass is 10.2. The normalized spacial score (nSPS) is 10.7. The van der Waals surface area contributed by atoms with E-state index in [0.29, 0.717) is 6.61 Å². The zero-order valence-electron chi connectivity index (χ0n) is 11.4. The quantitative estimate of drug-likeness (QED) is 0.618. The van der Waals surface area contributed by atoms with Crippen molar-refractivity contribution in [2.75, 3.05) is 19.8 Å². The van der Waals surface area contributed by atoms with Gasteiger partial charge in [-0.25, -0.2) is 0 Å². The predicted molar refractivity (Wildman–Crippen MR) is 73.8 cm³/mol. The zero-order valence-corrected chi connectivity index (χ0v) is 12.2. The third-order valence-corrected chi connectivity index (χ3v) is 3.06. The summed E-state index contributed by atoms with van der Waals surface area (Å²) in [6, 6.07) is 5.99. The van der Waals surface area contributed by atoms with E-state index in [1.807, 2.05) is 6.92 Å². The minimum Gasteiger partial charge on any atom is -0.394 e. The first-order chi connectivity index (χ1) is 8.91. The maximum Gasteiger partial charge on any atom is 0.294 e. The van der Waals surface area contributed by atoms with Gasteiger partial charge in [-0.05, 0) is 25.5 Å². The van der Waals surface area contributed by atoms with Crippen molar-refractivity contribution < 1.29 is 22.8 Å². The third-order valence-electron chi connectivity index (χ3n) is 2.20. The van der Waals surface area contributed by atoms with Crippen LogP contribution in [0.5, 0.6) is 0 Å². The van der Waals surface area contributed by atoms with Crippen LogP contribution in [-0.4, -0.2) is 37.9 Å². The number of ether oxygens (including phenoxy) is 1. The number of aliphatic hydroxyl groups excluding tert-OH is 1. The Kier molecular flexibility index (Phi) is 9.42. The van der Waals surface area contributed by atoms with E-state index in [4.69, 9.17) is 14.4 Å². The Morgan fingerprint density at radius 2 is 1.74 bits per heavy atom. The lowest BCUT2D eigenvalue weighted by Gasteiger charge is -1.97. The summed E-state index contributed by atoms with van der Waals surface area (Å²) in [6.45, 7) is 5.37. The van der Waals surface area contributed by atoms with Gasteiger partial charge in [0.15, 0.2) is 0 Å². The van der Waals surface area contributed by atoms with Crippen LogP contribution >= 0.6 is 0 Å². The molecule has 0 aromatic heterocycles. The largest absolute Gasteiger partial charge is 0.394 e. The van der Waals surface area contributed by atoms with Crippen molar-refractivity contribution >= 4 is 10.1 Å². The summed E-state index contributed by atoms with van der Waals surface area (Å²) < 4.78 is 34.5. The molecular weight excluding hydrogens is 268 g/mol. The monoisotopic (exact) mass is 290 g/mol. The molecule has 110 valence electrons. The topological polar surface area (TPSA) is 83.8 Å². The highest BCUT2D eigenvalue weighted by atomic mass is 32.2. The summed E-state index contributed by atoms with van der Waals surface area (Å²) in [7, 11) is -4.02. The van der Waals surface area contributed by atoms with Crippen LogP contribution in [-0.2, 0) is 14.9 Å². The van der Waals surface area contributed by atoms with Crippen molar-refractivity contribution in [3.63, 3.8) is 0 Å². The fourth-order valence-electron chi connectivity index (χ4n) is 1.12. The molecular formula is C13H22O5S. The van der Waals surface area contributed by atoms with E-state index in [1.165, 1.54) is 12.1 Å². The number of hydrogen-bond donors (Lipinski definition) is 2. The molecule has 0 aliphatic carbocycles. The molecule has 5 nitrogen and oxygen atoms in total. The lowest BCUT2D eigenvalue weighted by Crippen LogP contribution is -1.99. The second-order valence-corrected chi connectivity index (χ2v) is 5.40. The van der Waals surface area contributed by atoms with E-state index >= 15 is 0 Å². The molecule has 0 saturated heterocycles. The second-order valence-electron chi connectivity index (χ2n) is 3.98. The molecule has 2 N–H and O–H groups in total. The van der Waals surface area contributed by atoms with Crippen LogP contribution in [0.1, 0.15) is 25.3 Å². The fourth-order valence-corrected chi connectivity index (χ4v) is 1.60. The van der Waals surface area contributed by atoms with Gasteiger partial charge in [0.05, 0.1) is 18.1 Å². The van der Waals surface area contributed by atoms with E-state index in [0.717, 1.165) is 25.0 Å². The van der Waals surface area contributed by atoms with Crippen LogP contribution < -0.4 is 0 Å². The lowest BCUT2D eigenvalue weighted by molar-refractivity contribution is 0.0904. The Balaban J connectivity index is 0.000000362. The van der Waals surface area contributed by atoms with Crippen molar-refractivity contribution in [1.29, 1.82) is 0 Å². The minimum absolute atomic E-state index is 0.0666. The van der Waals surface area contributed by atoms with E-state index in [2.05, 4.69) is 6.92 Å². The molecule has 0 heterocycles. The van der Waals surface area contributed by atoms with Gasteiger partial charge < -0.3 is 9.84 Å². The van der Waals surface area contributed by atoms with E-state index < -0.39 is 10.1 Å². The average Bonchev–Trinajstić information content (AvgIpc) is 2.35. The van der Waals surface area contributed by atoms with Crippen LogP contribution in [0.25, 0.3) is 0 Å². The van der Waals surface area contributed by atoms with Gasteiger partial charge in [-0.3, -0.25) is 4.55 Å². The molecule has 6 heteroatoms. The molecule has 0 fully saturated rings. The Morgan fingerprint density at radius 1 is 1.16 bits per heavy atom. The summed E-state index contributed by atoms with van der Waals surface area (Å²) >= 11 is 0. The van der Waals surface area contributed by atoms with Crippen LogP contribution in [0.2, 0.25) is 0 Å². The van der Waals surface area contributed by atoms with Crippen molar-refractivity contribution in [3.8, 4) is 0 Å². The van der Waals surface area contributed by atoms with Gasteiger partial charge in [0, 0.05) is 6.61 Å². The molecule has 1 rings (SSSR count). The fraction of sp³-hybridized carbons (Fsp3) is 0.538. The van der Waals surface area contributed by atoms with Gasteiger partial charge in [0.1, 0.15) is 0 Å². The van der Waals surface area contributed by atoms with Crippen LogP contribution in [0.3, 0.4) is 0 Å². The Labute approximate surface area is 115 Å². The number of benzene rings is 1. The average molecular weight is 290 g/mol. The maximum atomic E-state index is 10.5. The minimum atomic E-state index is -4.02. The van der Waals surface area contributed by atoms with Crippen molar-refractivity contribution in [2.24, 2.45) is 0 Å². The van der Waals surface area contributed by atoms with Crippen LogP contribution in [0.15, 0.2) is 29.2 Å². The second kappa shape index (κ2) is 9.91. The summed E-state index contributed by atoms with van der Waals surface area (Å²) in [6.07, 6.45) is 2.26. The smallest absolute Gasteiger partial charge is 0.294 e. The van der Waals surface area contributed by atoms with E-state index in [-0.39, 0.29) is 11.5 Å². The first-order valence-electron chi connectivity index (χ1n) is 6.14. The molecule has 0 unspecified atom stereocenters. The molecule has 1 aromatic rings. The number of unbranched alkanes of at least 4 members (excludes halogenated alkanes) is 1. The number of hydrogen-bond acceptors (Lipinski definition) is 4. The molecule has 19 heavy (non-hydrogen) atoms. The standard InChI is InChI=1S/C7H8O3S.C6H14O2/c1-6-2-4-7(5-3-6)11(8,9)10;1-2-3-5-8-6-4-7/h2-5H,1H3,(H,8,9,10);7H,2-6H2,1H3. The van der Waals surface area contributed by atoms with Gasteiger partial charge >= 0.3 is 0 Å². The SMILES string of the molecule is CCCCOCCO.Cc1ccc(S(=O)(=O)O)cc1. The number of aryl methyl sites for hydroxylation is 1. The van der Waals surface area contributed by atoms with Crippen molar-refractivity contribution in [1.82, 2.24) is 0 Å². The summed E-state index contributed by atoms with van der Waals surface area (Å²) in [5.41, 5.74) is 0.956. The molecule has 0 radical (unpaired) electrons. The number of aliphatic hydroxyl groups is 1. The maximum absolute atomic E-state index is 10.5. The zero-order chi connectivity index (χ0) is 14.7. The molecule has 0 atom stereocenters. The molecule has 0 bridgehead atoms. The molecule has 0 aliphatic heterocycles. The Morgan fingerprint density at radius 3 is 2.16 bits per heavy atom. The van der Waals surface area contributed by atoms with Crippen LogP contribution in [0.4, 0.5) is 0 Å². The van der Waals surface area contributed by atoms with Crippen molar-refractivity contribution in [3.05, 3.63) is 29.8 Å². The highest BCUT2D eigenvalue weighted by Gasteiger charge is 2.06. The molecule has 0 amide bonds. The predicted octanol–water partition coefficient (Wildman–Crippen LogP) is 2.04. The summed E-state index contributed by atoms with van der Waals surface area (Å²) in [5, 5.41) is 8.24. The summed E-state index contributed by atoms with van der Waals surface area (Å²) in [4.78, 5) is -0.0666. The molecule has 0 saturated carbocycles. The first kappa shape index (κ1) is 18.0. The molecule has 1 aromatic carbocycles. The molecule has 0 aliphatic rings. The highest BCUT2D eigenvalue weighted by Crippen LogP contribution is 2.08. The van der Waals surface area contributed by atoms with Gasteiger partial charge in [-0.2, -0.15) is 8.42 Å². The van der Waals surface area contributed by atoms with E-state index in [9.17, 15) is 8.42 Å². The van der Waals surface area contributed by atoms with E-state index in [1.54, 1.807) is 12.1 Å². The van der Waals surface area contributed by atoms with Gasteiger partial charge in [-0.1, -0.05) is 31.0 Å². The molecule has 0 spiro atoms. The number of rotatable bonds is 6. The van der Waals surface area contributed by atoms with Gasteiger partial charge in [0.2, 0.25) is 0 Å². The Bertz CT molecular complexity index is 419. The van der Waals surface area contributed by atoms with Crippen molar-refractivity contribution in [2.45, 2.75) is 31.6 Å². The highest BCUT2D eigenvalue weighted by molar-refractivity contribution is 7.85. The Hall–Kier alpha value is -0.950. The summed E-state index contributed by atoms with van der Waals surface area (Å²) in [5.74, 6) is 0.